The second kappa shape index (κ2) is 9.15. The van der Waals surface area contributed by atoms with Gasteiger partial charge in [0.05, 0.1) is 25.0 Å². The van der Waals surface area contributed by atoms with Crippen molar-refractivity contribution in [3.63, 3.8) is 0 Å². The summed E-state index contributed by atoms with van der Waals surface area (Å²) in [4.78, 5) is 12.9. The molecule has 2 fully saturated rings. The number of benzene rings is 1. The molecule has 2 aliphatic rings. The number of rotatable bonds is 6. The van der Waals surface area contributed by atoms with E-state index in [-0.39, 0.29) is 24.7 Å². The van der Waals surface area contributed by atoms with E-state index in [2.05, 4.69) is 4.72 Å². The fourth-order valence-electron chi connectivity index (χ4n) is 4.70. The van der Waals surface area contributed by atoms with Gasteiger partial charge in [-0.25, -0.2) is 26.7 Å². The first-order valence-electron chi connectivity index (χ1n) is 10.1. The first kappa shape index (κ1) is 22.9. The zero-order chi connectivity index (χ0) is 22.1. The van der Waals surface area contributed by atoms with E-state index in [9.17, 15) is 27.1 Å². The minimum absolute atomic E-state index is 0.0525. The van der Waals surface area contributed by atoms with Crippen molar-refractivity contribution in [1.29, 1.82) is 0 Å². The Balaban J connectivity index is 1.59. The monoisotopic (exact) mass is 446 g/mol. The zero-order valence-electron chi connectivity index (χ0n) is 17.1. The van der Waals surface area contributed by atoms with Crippen LogP contribution in [0.1, 0.15) is 50.5 Å². The molecule has 1 aliphatic heterocycles. The minimum atomic E-state index is -3.49. The Morgan fingerprint density at radius 3 is 2.33 bits per heavy atom. The lowest BCUT2D eigenvalue weighted by molar-refractivity contribution is -0.00703. The molecule has 0 aromatic heterocycles. The van der Waals surface area contributed by atoms with Crippen molar-refractivity contribution in [3.8, 4) is 0 Å². The number of nitrogens with zero attached hydrogens (tertiary/aromatic N) is 1. The molecule has 30 heavy (non-hydrogen) atoms. The molecule has 1 saturated carbocycles. The van der Waals surface area contributed by atoms with Crippen molar-refractivity contribution >= 4 is 16.1 Å². The first-order chi connectivity index (χ1) is 14.0. The number of likely N-dealkylation sites (tertiary alicyclic amines) is 1. The molecular weight excluding hydrogens is 418 g/mol. The second-order valence-corrected chi connectivity index (χ2v) is 10.1. The molecule has 2 N–H and O–H groups in total. The number of amides is 1. The van der Waals surface area contributed by atoms with Gasteiger partial charge in [0, 0.05) is 18.2 Å². The third-order valence-electron chi connectivity index (χ3n) is 6.01. The maximum Gasteiger partial charge on any atom is 0.407 e. The van der Waals surface area contributed by atoms with Crippen LogP contribution in [-0.2, 0) is 14.8 Å². The highest BCUT2D eigenvalue weighted by atomic mass is 32.2. The molecule has 10 heteroatoms. The molecule has 1 aliphatic carbocycles. The number of carboxylic acid groups (broad SMARTS) is 1. The summed E-state index contributed by atoms with van der Waals surface area (Å²) in [5.41, 5.74) is 0.644. The normalized spacial score (nSPS) is 29.9. The highest BCUT2D eigenvalue weighted by Gasteiger charge is 2.43. The average Bonchev–Trinajstić information content (AvgIpc) is 2.92. The Morgan fingerprint density at radius 1 is 1.20 bits per heavy atom. The summed E-state index contributed by atoms with van der Waals surface area (Å²) < 4.78 is 58.8. The molecule has 1 heterocycles. The Bertz CT molecular complexity index is 854. The third-order valence-corrected chi connectivity index (χ3v) is 6.74. The number of halogens is 2. The number of ether oxygens (including phenoxy) is 1. The van der Waals surface area contributed by atoms with Gasteiger partial charge in [-0.15, -0.1) is 0 Å². The fourth-order valence-corrected chi connectivity index (χ4v) is 5.50. The molecule has 3 rings (SSSR count). The van der Waals surface area contributed by atoms with E-state index >= 15 is 0 Å². The summed E-state index contributed by atoms with van der Waals surface area (Å²) in [6.07, 6.45) is 3.01. The molecule has 7 nitrogen and oxygen atoms in total. The predicted molar refractivity (Wildman–Crippen MR) is 107 cm³/mol. The van der Waals surface area contributed by atoms with E-state index < -0.39 is 39.8 Å². The first-order valence-corrected chi connectivity index (χ1v) is 12.0. The highest BCUT2D eigenvalue weighted by Crippen LogP contribution is 2.35. The number of sulfonamides is 1. The van der Waals surface area contributed by atoms with Crippen LogP contribution in [0.5, 0.6) is 0 Å². The van der Waals surface area contributed by atoms with Gasteiger partial charge in [-0.05, 0) is 62.6 Å². The Hall–Kier alpha value is -1.78. The molecule has 3 atom stereocenters. The van der Waals surface area contributed by atoms with Crippen LogP contribution in [0, 0.1) is 11.6 Å². The summed E-state index contributed by atoms with van der Waals surface area (Å²) in [6, 6.07) is 2.10. The van der Waals surface area contributed by atoms with Crippen molar-refractivity contribution in [1.82, 2.24) is 9.62 Å². The Labute approximate surface area is 175 Å². The summed E-state index contributed by atoms with van der Waals surface area (Å²) in [5, 5.41) is 9.54. The van der Waals surface area contributed by atoms with Crippen LogP contribution in [0.3, 0.4) is 0 Å². The van der Waals surface area contributed by atoms with Crippen molar-refractivity contribution in [2.45, 2.75) is 69.2 Å². The highest BCUT2D eigenvalue weighted by molar-refractivity contribution is 7.88. The maximum atomic E-state index is 13.5. The quantitative estimate of drug-likeness (QED) is 0.700. The smallest absolute Gasteiger partial charge is 0.407 e. The standard InChI is InChI=1S/C20H28F2N2O5S/c1-12-7-18(23-30(2,27)28)19(24(12)20(25)26)11-29-17-5-3-13(4-6-17)14-8-15(21)10-16(22)9-14/h8-10,12-13,17-19,23H,3-7,11H2,1-2H3,(H,25,26)/t12-,13?,17?,18+,19+/m1/s1. The summed E-state index contributed by atoms with van der Waals surface area (Å²) in [7, 11) is -3.49. The summed E-state index contributed by atoms with van der Waals surface area (Å²) in [5.74, 6) is -1.12. The molecule has 1 aromatic rings. The van der Waals surface area contributed by atoms with E-state index in [1.165, 1.54) is 17.0 Å². The number of nitrogens with one attached hydrogen (secondary N) is 1. The van der Waals surface area contributed by atoms with Gasteiger partial charge >= 0.3 is 6.09 Å². The summed E-state index contributed by atoms with van der Waals surface area (Å²) in [6.45, 7) is 1.84. The van der Waals surface area contributed by atoms with Crippen molar-refractivity contribution in [2.75, 3.05) is 12.9 Å². The van der Waals surface area contributed by atoms with Crippen LogP contribution in [0.25, 0.3) is 0 Å². The maximum absolute atomic E-state index is 13.5. The fraction of sp³-hybridized carbons (Fsp3) is 0.650. The van der Waals surface area contributed by atoms with Crippen LogP contribution in [-0.4, -0.2) is 61.6 Å². The van der Waals surface area contributed by atoms with Gasteiger partial charge in [-0.3, -0.25) is 4.90 Å². The Morgan fingerprint density at radius 2 is 1.80 bits per heavy atom. The zero-order valence-corrected chi connectivity index (χ0v) is 17.9. The molecule has 0 bridgehead atoms. The lowest BCUT2D eigenvalue weighted by Gasteiger charge is -2.32. The van der Waals surface area contributed by atoms with E-state index in [1.54, 1.807) is 6.92 Å². The molecule has 0 radical (unpaired) electrons. The lowest BCUT2D eigenvalue weighted by Crippen LogP contribution is -2.50. The van der Waals surface area contributed by atoms with E-state index in [1.807, 2.05) is 0 Å². The van der Waals surface area contributed by atoms with Gasteiger partial charge in [0.25, 0.3) is 0 Å². The van der Waals surface area contributed by atoms with Gasteiger partial charge in [0.2, 0.25) is 10.0 Å². The van der Waals surface area contributed by atoms with E-state index in [0.29, 0.717) is 37.7 Å². The van der Waals surface area contributed by atoms with Crippen LogP contribution in [0.15, 0.2) is 18.2 Å². The molecule has 1 aromatic carbocycles. The van der Waals surface area contributed by atoms with Crippen LogP contribution in [0.2, 0.25) is 0 Å². The molecule has 0 spiro atoms. The Kier molecular flexibility index (Phi) is 6.98. The molecule has 1 saturated heterocycles. The van der Waals surface area contributed by atoms with Gasteiger partial charge in [-0.2, -0.15) is 0 Å². The lowest BCUT2D eigenvalue weighted by atomic mass is 9.82. The van der Waals surface area contributed by atoms with E-state index in [0.717, 1.165) is 12.3 Å². The average molecular weight is 447 g/mol. The van der Waals surface area contributed by atoms with E-state index in [4.69, 9.17) is 4.74 Å². The van der Waals surface area contributed by atoms with Crippen LogP contribution < -0.4 is 4.72 Å². The summed E-state index contributed by atoms with van der Waals surface area (Å²) >= 11 is 0. The number of hydrogen-bond acceptors (Lipinski definition) is 4. The van der Waals surface area contributed by atoms with Gasteiger partial charge < -0.3 is 9.84 Å². The van der Waals surface area contributed by atoms with Crippen molar-refractivity contribution in [3.05, 3.63) is 35.4 Å². The predicted octanol–water partition coefficient (Wildman–Crippen LogP) is 3.07. The SMILES string of the molecule is C[C@@H]1C[C@H](NS(C)(=O)=O)[C@H](COC2CCC(c3cc(F)cc(F)c3)CC2)N1C(=O)O. The molecule has 168 valence electrons. The van der Waals surface area contributed by atoms with Gasteiger partial charge in [-0.1, -0.05) is 0 Å². The topological polar surface area (TPSA) is 95.9 Å². The molecule has 1 amide bonds. The largest absolute Gasteiger partial charge is 0.465 e. The second-order valence-electron chi connectivity index (χ2n) is 8.35. The number of carbonyl (C=O) groups is 1. The third kappa shape index (κ3) is 5.67. The molecule has 0 unspecified atom stereocenters. The number of hydrogen-bond donors (Lipinski definition) is 2. The van der Waals surface area contributed by atoms with Crippen LogP contribution >= 0.6 is 0 Å². The van der Waals surface area contributed by atoms with Gasteiger partial charge in [0.1, 0.15) is 11.6 Å². The van der Waals surface area contributed by atoms with Gasteiger partial charge in [0.15, 0.2) is 0 Å². The molecular formula is C20H28F2N2O5S. The minimum Gasteiger partial charge on any atom is -0.465 e. The van der Waals surface area contributed by atoms with Crippen molar-refractivity contribution < 1.29 is 31.8 Å². The van der Waals surface area contributed by atoms with Crippen LogP contribution in [0.4, 0.5) is 13.6 Å². The van der Waals surface area contributed by atoms with Crippen molar-refractivity contribution in [2.24, 2.45) is 0 Å².